The molecule has 0 aliphatic carbocycles. The minimum Gasteiger partial charge on any atom is -0.497 e. The Hall–Kier alpha value is -4.83. The summed E-state index contributed by atoms with van der Waals surface area (Å²) in [6.07, 6.45) is 0.965. The van der Waals surface area contributed by atoms with E-state index in [2.05, 4.69) is 5.32 Å². The molecule has 0 saturated heterocycles. The number of anilines is 1. The van der Waals surface area contributed by atoms with Gasteiger partial charge in [0.05, 0.1) is 24.8 Å². The number of nitrogens with zero attached hydrogens (tertiary/aromatic N) is 2. The van der Waals surface area contributed by atoms with Crippen molar-refractivity contribution in [3.05, 3.63) is 120 Å². The highest BCUT2D eigenvalue weighted by Crippen LogP contribution is 2.33. The van der Waals surface area contributed by atoms with Gasteiger partial charge in [-0.1, -0.05) is 79.7 Å². The lowest BCUT2D eigenvalue weighted by molar-refractivity contribution is -0.140. The summed E-state index contributed by atoms with van der Waals surface area (Å²) < 4.78 is 40.2. The maximum Gasteiger partial charge on any atom is 0.264 e. The fourth-order valence-electron chi connectivity index (χ4n) is 4.92. The first kappa shape index (κ1) is 33.1. The number of carbonyl (C=O) groups is 2. The SMILES string of the molecule is CCCNC(=O)[C@H](Cc1ccccc1)N(Cc1ccccc1)C(=O)CN(c1ccccc1OC)S(=O)(=O)c1ccc(OC)cc1. The van der Waals surface area contributed by atoms with E-state index in [1.54, 1.807) is 36.4 Å². The molecule has 0 radical (unpaired) electrons. The van der Waals surface area contributed by atoms with E-state index in [9.17, 15) is 18.0 Å². The zero-order valence-corrected chi connectivity index (χ0v) is 26.6. The summed E-state index contributed by atoms with van der Waals surface area (Å²) in [7, 11) is -1.35. The molecule has 0 saturated carbocycles. The molecule has 0 spiro atoms. The molecule has 4 aromatic carbocycles. The third kappa shape index (κ3) is 8.42. The molecular formula is C35H39N3O6S. The van der Waals surface area contributed by atoms with Crippen molar-refractivity contribution < 1.29 is 27.5 Å². The Labute approximate surface area is 265 Å². The molecule has 0 unspecified atom stereocenters. The van der Waals surface area contributed by atoms with Gasteiger partial charge >= 0.3 is 0 Å². The highest BCUT2D eigenvalue weighted by Gasteiger charge is 2.35. The molecule has 0 fully saturated rings. The van der Waals surface area contributed by atoms with E-state index in [0.717, 1.165) is 21.9 Å². The summed E-state index contributed by atoms with van der Waals surface area (Å²) in [6.45, 7) is 1.91. The fraction of sp³-hybridized carbons (Fsp3) is 0.257. The Kier molecular flexibility index (Phi) is 11.6. The number of para-hydroxylation sites is 2. The van der Waals surface area contributed by atoms with Crippen LogP contribution in [-0.2, 0) is 32.6 Å². The van der Waals surface area contributed by atoms with Gasteiger partial charge in [-0.2, -0.15) is 0 Å². The molecule has 1 N–H and O–H groups in total. The molecule has 2 amide bonds. The summed E-state index contributed by atoms with van der Waals surface area (Å²) in [5, 5.41) is 2.95. The van der Waals surface area contributed by atoms with Crippen LogP contribution in [0, 0.1) is 0 Å². The zero-order chi connectivity index (χ0) is 32.2. The van der Waals surface area contributed by atoms with Gasteiger partial charge in [0.2, 0.25) is 11.8 Å². The van der Waals surface area contributed by atoms with E-state index in [-0.39, 0.29) is 35.2 Å². The van der Waals surface area contributed by atoms with Crippen LogP contribution in [0.2, 0.25) is 0 Å². The summed E-state index contributed by atoms with van der Waals surface area (Å²) >= 11 is 0. The number of methoxy groups -OCH3 is 2. The van der Waals surface area contributed by atoms with Crippen LogP contribution in [0.15, 0.2) is 114 Å². The number of hydrogen-bond donors (Lipinski definition) is 1. The van der Waals surface area contributed by atoms with Gasteiger partial charge < -0.3 is 19.7 Å². The average molecular weight is 630 g/mol. The van der Waals surface area contributed by atoms with E-state index >= 15 is 0 Å². The average Bonchev–Trinajstić information content (AvgIpc) is 3.08. The number of hydrogen-bond acceptors (Lipinski definition) is 6. The highest BCUT2D eigenvalue weighted by atomic mass is 32.2. The van der Waals surface area contributed by atoms with Gasteiger partial charge in [0.25, 0.3) is 10.0 Å². The molecule has 0 aromatic heterocycles. The van der Waals surface area contributed by atoms with Crippen LogP contribution in [0.1, 0.15) is 24.5 Å². The Bertz CT molecular complexity index is 1650. The van der Waals surface area contributed by atoms with Crippen molar-refractivity contribution in [2.24, 2.45) is 0 Å². The van der Waals surface area contributed by atoms with Crippen LogP contribution in [0.4, 0.5) is 5.69 Å². The quantitative estimate of drug-likeness (QED) is 0.197. The van der Waals surface area contributed by atoms with Crippen molar-refractivity contribution in [2.75, 3.05) is 31.6 Å². The molecule has 4 aromatic rings. The molecule has 0 aliphatic heterocycles. The van der Waals surface area contributed by atoms with Crippen LogP contribution in [0.25, 0.3) is 0 Å². The van der Waals surface area contributed by atoms with Gasteiger partial charge in [0.1, 0.15) is 24.1 Å². The number of amides is 2. The number of nitrogens with one attached hydrogen (secondary N) is 1. The predicted octanol–water partition coefficient (Wildman–Crippen LogP) is 5.07. The molecule has 236 valence electrons. The largest absolute Gasteiger partial charge is 0.497 e. The van der Waals surface area contributed by atoms with Crippen LogP contribution < -0.4 is 19.1 Å². The lowest BCUT2D eigenvalue weighted by atomic mass is 10.0. The van der Waals surface area contributed by atoms with E-state index in [1.807, 2.05) is 67.6 Å². The van der Waals surface area contributed by atoms with Gasteiger partial charge in [0.15, 0.2) is 0 Å². The maximum atomic E-state index is 14.5. The Morgan fingerprint density at radius 1 is 0.778 bits per heavy atom. The summed E-state index contributed by atoms with van der Waals surface area (Å²) in [5.41, 5.74) is 1.86. The topological polar surface area (TPSA) is 105 Å². The number of ether oxygens (including phenoxy) is 2. The van der Waals surface area contributed by atoms with Crippen molar-refractivity contribution in [1.82, 2.24) is 10.2 Å². The lowest BCUT2D eigenvalue weighted by Crippen LogP contribution is -2.53. The van der Waals surface area contributed by atoms with Crippen LogP contribution >= 0.6 is 0 Å². The smallest absolute Gasteiger partial charge is 0.264 e. The second kappa shape index (κ2) is 15.8. The molecule has 45 heavy (non-hydrogen) atoms. The van der Waals surface area contributed by atoms with Crippen LogP contribution in [0.5, 0.6) is 11.5 Å². The fourth-order valence-corrected chi connectivity index (χ4v) is 6.35. The summed E-state index contributed by atoms with van der Waals surface area (Å²) in [6, 6.07) is 30.4. The lowest BCUT2D eigenvalue weighted by Gasteiger charge is -2.34. The van der Waals surface area contributed by atoms with Crippen molar-refractivity contribution in [3.8, 4) is 11.5 Å². The van der Waals surface area contributed by atoms with Crippen molar-refractivity contribution in [3.63, 3.8) is 0 Å². The van der Waals surface area contributed by atoms with Crippen molar-refractivity contribution in [2.45, 2.75) is 37.2 Å². The molecule has 4 rings (SSSR count). The van der Waals surface area contributed by atoms with Crippen LogP contribution in [-0.4, -0.2) is 58.5 Å². The predicted molar refractivity (Wildman–Crippen MR) is 175 cm³/mol. The van der Waals surface area contributed by atoms with Gasteiger partial charge in [0, 0.05) is 19.5 Å². The first-order valence-corrected chi connectivity index (χ1v) is 16.2. The molecule has 0 bridgehead atoms. The molecule has 0 heterocycles. The van der Waals surface area contributed by atoms with E-state index in [0.29, 0.717) is 12.3 Å². The molecule has 10 heteroatoms. The Morgan fingerprint density at radius 2 is 1.38 bits per heavy atom. The third-order valence-corrected chi connectivity index (χ3v) is 9.07. The summed E-state index contributed by atoms with van der Waals surface area (Å²) in [4.78, 5) is 29.6. The van der Waals surface area contributed by atoms with Gasteiger partial charge in [-0.3, -0.25) is 13.9 Å². The summed E-state index contributed by atoms with van der Waals surface area (Å²) in [5.74, 6) is -0.0930. The second-order valence-corrected chi connectivity index (χ2v) is 12.2. The third-order valence-electron chi connectivity index (χ3n) is 7.30. The second-order valence-electron chi connectivity index (χ2n) is 10.4. The van der Waals surface area contributed by atoms with Crippen LogP contribution in [0.3, 0.4) is 0 Å². The molecular weight excluding hydrogens is 590 g/mol. The number of benzene rings is 4. The van der Waals surface area contributed by atoms with E-state index in [4.69, 9.17) is 9.47 Å². The zero-order valence-electron chi connectivity index (χ0n) is 25.8. The molecule has 0 aliphatic rings. The van der Waals surface area contributed by atoms with Gasteiger partial charge in [-0.15, -0.1) is 0 Å². The monoisotopic (exact) mass is 629 g/mol. The first-order valence-electron chi connectivity index (χ1n) is 14.7. The van der Waals surface area contributed by atoms with E-state index in [1.165, 1.54) is 31.3 Å². The number of sulfonamides is 1. The number of rotatable bonds is 15. The molecule has 1 atom stereocenters. The van der Waals surface area contributed by atoms with Crippen molar-refractivity contribution >= 4 is 27.5 Å². The Balaban J connectivity index is 1.81. The minimum atomic E-state index is -4.28. The highest BCUT2D eigenvalue weighted by molar-refractivity contribution is 7.92. The minimum absolute atomic E-state index is 0.0295. The van der Waals surface area contributed by atoms with Gasteiger partial charge in [-0.25, -0.2) is 8.42 Å². The first-order chi connectivity index (χ1) is 21.8. The Morgan fingerprint density at radius 3 is 1.98 bits per heavy atom. The maximum absolute atomic E-state index is 14.5. The standard InChI is InChI=1S/C35H39N3O6S/c1-4-23-36-35(40)32(24-27-13-7-5-8-14-27)37(25-28-15-9-6-10-16-28)34(39)26-38(31-17-11-12-18-33(31)44-3)45(41,42)30-21-19-29(43-2)20-22-30/h5-22,32H,4,23-26H2,1-3H3,(H,36,40)/t32-/m0/s1. The molecule has 9 nitrogen and oxygen atoms in total. The number of carbonyl (C=O) groups excluding carboxylic acids is 2. The normalized spacial score (nSPS) is 11.7. The van der Waals surface area contributed by atoms with E-state index < -0.39 is 28.5 Å². The van der Waals surface area contributed by atoms with Crippen molar-refractivity contribution in [1.29, 1.82) is 0 Å². The van der Waals surface area contributed by atoms with Gasteiger partial charge in [-0.05, 0) is 53.9 Å².